The van der Waals surface area contributed by atoms with Crippen LogP contribution in [0.1, 0.15) is 96.6 Å². The third kappa shape index (κ3) is 12.8. The molecule has 0 aliphatic heterocycles. The Kier molecular flexibility index (Phi) is 17.3. The van der Waals surface area contributed by atoms with Crippen molar-refractivity contribution in [2.45, 2.75) is 117 Å². The van der Waals surface area contributed by atoms with Crippen LogP contribution in [0, 0.1) is 29.6 Å². The van der Waals surface area contributed by atoms with E-state index in [2.05, 4.69) is 52.0 Å². The van der Waals surface area contributed by atoms with Gasteiger partial charge in [0, 0.05) is 38.5 Å². The van der Waals surface area contributed by atoms with E-state index in [-0.39, 0.29) is 35.6 Å². The van der Waals surface area contributed by atoms with E-state index in [4.69, 9.17) is 24.7 Å². The molecule has 1 aliphatic carbocycles. The van der Waals surface area contributed by atoms with Crippen LogP contribution in [0.5, 0.6) is 11.5 Å². The van der Waals surface area contributed by atoms with Gasteiger partial charge in [-0.25, -0.2) is 0 Å². The van der Waals surface area contributed by atoms with Gasteiger partial charge in [-0.15, -0.1) is 0 Å². The number of nitrogens with two attached hydrogens (primary N) is 1. The first-order chi connectivity index (χ1) is 22.7. The lowest BCUT2D eigenvalue weighted by Gasteiger charge is -2.34. The maximum absolute atomic E-state index is 13.9. The standard InChI is InChI=1S/C40H63NO6/c1-7-29(4)34(36(42)25-32-16-11-12-17-38(32)47-27-30-14-9-8-10-15-30)26-37(43)35(41)24-33(28(2)3)22-31-18-19-39(45-6)40(23-31)46-21-13-20-44-5/h8-10,14-15,18-19,23,28-29,32-35,37-38,43H,7,11-13,16-17,20-22,24-27,41H2,1-6H3/t29?,32-,33-,34-,35-,37-,38+/m0/s1. The molecule has 0 radical (unpaired) electrons. The van der Waals surface area contributed by atoms with Crippen molar-refractivity contribution in [3.63, 3.8) is 0 Å². The maximum Gasteiger partial charge on any atom is 0.161 e. The normalized spacial score (nSPS) is 19.9. The summed E-state index contributed by atoms with van der Waals surface area (Å²) in [6, 6.07) is 15.9. The lowest BCUT2D eigenvalue weighted by molar-refractivity contribution is -0.129. The molecule has 264 valence electrons. The Morgan fingerprint density at radius 1 is 0.957 bits per heavy atom. The van der Waals surface area contributed by atoms with Crippen LogP contribution in [0.2, 0.25) is 0 Å². The van der Waals surface area contributed by atoms with Crippen molar-refractivity contribution in [1.29, 1.82) is 0 Å². The predicted octanol–water partition coefficient (Wildman–Crippen LogP) is 7.79. The third-order valence-electron chi connectivity index (χ3n) is 10.3. The highest BCUT2D eigenvalue weighted by Gasteiger charge is 2.34. The largest absolute Gasteiger partial charge is 0.493 e. The summed E-state index contributed by atoms with van der Waals surface area (Å²) in [5.41, 5.74) is 9.05. The number of benzene rings is 2. The van der Waals surface area contributed by atoms with E-state index in [1.807, 2.05) is 24.3 Å². The lowest BCUT2D eigenvalue weighted by atomic mass is 9.75. The molecule has 1 fully saturated rings. The fourth-order valence-corrected chi connectivity index (χ4v) is 6.96. The van der Waals surface area contributed by atoms with E-state index in [1.165, 1.54) is 0 Å². The van der Waals surface area contributed by atoms with Gasteiger partial charge in [-0.05, 0) is 79.0 Å². The summed E-state index contributed by atoms with van der Waals surface area (Å²) < 4.78 is 23.1. The number of aliphatic hydroxyl groups is 1. The van der Waals surface area contributed by atoms with Gasteiger partial charge in [-0.2, -0.15) is 0 Å². The molecular formula is C40H63NO6. The second kappa shape index (κ2) is 20.8. The Morgan fingerprint density at radius 3 is 2.38 bits per heavy atom. The third-order valence-corrected chi connectivity index (χ3v) is 10.3. The molecule has 0 bridgehead atoms. The van der Waals surface area contributed by atoms with E-state index in [0.717, 1.165) is 61.8 Å². The van der Waals surface area contributed by atoms with Gasteiger partial charge in [0.2, 0.25) is 0 Å². The van der Waals surface area contributed by atoms with Crippen LogP contribution in [-0.2, 0) is 27.3 Å². The Labute approximate surface area is 284 Å². The number of Topliss-reactive ketones (excluding diaryl/α,β-unsaturated/α-hetero) is 1. The minimum absolute atomic E-state index is 0.0960. The Bertz CT molecular complexity index is 1160. The number of hydrogen-bond acceptors (Lipinski definition) is 7. The summed E-state index contributed by atoms with van der Waals surface area (Å²) in [6.45, 7) is 10.5. The summed E-state index contributed by atoms with van der Waals surface area (Å²) in [6.07, 6.45) is 7.74. The Morgan fingerprint density at radius 2 is 1.70 bits per heavy atom. The average Bonchev–Trinajstić information content (AvgIpc) is 3.08. The first kappa shape index (κ1) is 39.0. The number of ketones is 1. The summed E-state index contributed by atoms with van der Waals surface area (Å²) in [5.74, 6) is 2.51. The molecule has 0 heterocycles. The van der Waals surface area contributed by atoms with Gasteiger partial charge in [0.25, 0.3) is 0 Å². The SMILES string of the molecule is CCC(C)[C@H](C[C@H](O)[C@@H](N)C[C@H](Cc1ccc(OC)c(OCCCOC)c1)C(C)C)C(=O)C[C@@H]1CCCC[C@H]1OCc1ccccc1. The molecule has 3 rings (SSSR count). The smallest absolute Gasteiger partial charge is 0.161 e. The molecule has 7 atom stereocenters. The first-order valence-corrected chi connectivity index (χ1v) is 18.1. The van der Waals surface area contributed by atoms with Crippen LogP contribution < -0.4 is 15.2 Å². The number of aliphatic hydroxyl groups excluding tert-OH is 1. The van der Waals surface area contributed by atoms with Gasteiger partial charge in [0.15, 0.2) is 11.5 Å². The van der Waals surface area contributed by atoms with E-state index >= 15 is 0 Å². The summed E-state index contributed by atoms with van der Waals surface area (Å²) in [4.78, 5) is 13.9. The summed E-state index contributed by atoms with van der Waals surface area (Å²) >= 11 is 0. The van der Waals surface area contributed by atoms with Crippen LogP contribution in [0.15, 0.2) is 48.5 Å². The molecule has 1 unspecified atom stereocenters. The van der Waals surface area contributed by atoms with Crippen LogP contribution in [0.4, 0.5) is 0 Å². The predicted molar refractivity (Wildman–Crippen MR) is 190 cm³/mol. The van der Waals surface area contributed by atoms with Crippen molar-refractivity contribution in [2.75, 3.05) is 27.4 Å². The van der Waals surface area contributed by atoms with Gasteiger partial charge < -0.3 is 29.8 Å². The van der Waals surface area contributed by atoms with Gasteiger partial charge in [0.1, 0.15) is 5.78 Å². The molecule has 1 saturated carbocycles. The number of hydrogen-bond donors (Lipinski definition) is 2. The van der Waals surface area contributed by atoms with Crippen LogP contribution in [-0.4, -0.2) is 56.6 Å². The Balaban J connectivity index is 1.62. The molecule has 47 heavy (non-hydrogen) atoms. The van der Waals surface area contributed by atoms with E-state index in [1.54, 1.807) is 14.2 Å². The van der Waals surface area contributed by atoms with Gasteiger partial charge in [-0.1, -0.05) is 83.4 Å². The molecule has 3 N–H and O–H groups in total. The first-order valence-electron chi connectivity index (χ1n) is 18.1. The van der Waals surface area contributed by atoms with E-state index < -0.39 is 12.1 Å². The maximum atomic E-state index is 13.9. The molecule has 2 aromatic carbocycles. The van der Waals surface area contributed by atoms with Crippen molar-refractivity contribution in [2.24, 2.45) is 35.3 Å². The quantitative estimate of drug-likeness (QED) is 0.125. The molecule has 0 amide bonds. The zero-order valence-corrected chi connectivity index (χ0v) is 30.0. The fraction of sp³-hybridized carbons (Fsp3) is 0.675. The highest BCUT2D eigenvalue weighted by Crippen LogP contribution is 2.35. The molecule has 7 nitrogen and oxygen atoms in total. The van der Waals surface area contributed by atoms with E-state index in [0.29, 0.717) is 50.8 Å². The molecule has 0 saturated heterocycles. The van der Waals surface area contributed by atoms with Crippen molar-refractivity contribution in [3.05, 3.63) is 59.7 Å². The molecule has 2 aromatic rings. The fourth-order valence-electron chi connectivity index (χ4n) is 6.96. The average molecular weight is 654 g/mol. The second-order valence-corrected chi connectivity index (χ2v) is 14.1. The number of carbonyl (C=O) groups is 1. The Hall–Kier alpha value is -2.45. The van der Waals surface area contributed by atoms with Crippen LogP contribution in [0.3, 0.4) is 0 Å². The van der Waals surface area contributed by atoms with Gasteiger partial charge in [-0.3, -0.25) is 4.79 Å². The van der Waals surface area contributed by atoms with Crippen LogP contribution in [0.25, 0.3) is 0 Å². The molecule has 0 aromatic heterocycles. The summed E-state index contributed by atoms with van der Waals surface area (Å²) in [7, 11) is 3.34. The monoisotopic (exact) mass is 653 g/mol. The van der Waals surface area contributed by atoms with Gasteiger partial charge in [0.05, 0.1) is 32.5 Å². The zero-order valence-electron chi connectivity index (χ0n) is 30.0. The minimum Gasteiger partial charge on any atom is -0.493 e. The van der Waals surface area contributed by atoms with E-state index in [9.17, 15) is 9.90 Å². The number of ether oxygens (including phenoxy) is 4. The lowest BCUT2D eigenvalue weighted by Crippen LogP contribution is -2.41. The number of methoxy groups -OCH3 is 2. The minimum atomic E-state index is -0.744. The molecular weight excluding hydrogens is 590 g/mol. The summed E-state index contributed by atoms with van der Waals surface area (Å²) in [5, 5.41) is 11.5. The van der Waals surface area contributed by atoms with Crippen molar-refractivity contribution < 1.29 is 28.8 Å². The highest BCUT2D eigenvalue weighted by atomic mass is 16.5. The molecule has 7 heteroatoms. The number of carbonyl (C=O) groups excluding carboxylic acids is 1. The van der Waals surface area contributed by atoms with Crippen molar-refractivity contribution in [1.82, 2.24) is 0 Å². The molecule has 0 spiro atoms. The number of rotatable bonds is 22. The molecule has 1 aliphatic rings. The second-order valence-electron chi connectivity index (χ2n) is 14.1. The van der Waals surface area contributed by atoms with Crippen molar-refractivity contribution in [3.8, 4) is 11.5 Å². The highest BCUT2D eigenvalue weighted by molar-refractivity contribution is 5.81. The topological polar surface area (TPSA) is 100 Å². The van der Waals surface area contributed by atoms with Gasteiger partial charge >= 0.3 is 0 Å². The zero-order chi connectivity index (χ0) is 34.2. The van der Waals surface area contributed by atoms with Crippen LogP contribution >= 0.6 is 0 Å². The van der Waals surface area contributed by atoms with Crippen molar-refractivity contribution >= 4 is 5.78 Å².